The molecule has 2 aromatic rings. The largest absolute Gasteiger partial charge is 0.480 e. The molecule has 8 heteroatoms. The number of rotatable bonds is 5. The van der Waals surface area contributed by atoms with E-state index in [-0.39, 0.29) is 10.3 Å². The maximum atomic E-state index is 13.6. The first-order valence-electron chi connectivity index (χ1n) is 5.79. The Bertz CT molecular complexity index is 710. The second-order valence-electron chi connectivity index (χ2n) is 4.21. The number of thiophene rings is 1. The van der Waals surface area contributed by atoms with Crippen molar-refractivity contribution in [3.05, 3.63) is 35.0 Å². The average molecular weight is 311 g/mol. The van der Waals surface area contributed by atoms with E-state index >= 15 is 0 Å². The summed E-state index contributed by atoms with van der Waals surface area (Å²) in [5.74, 6) is -3.89. The Kier molecular flexibility index (Phi) is 4.18. The van der Waals surface area contributed by atoms with E-state index in [1.54, 1.807) is 6.07 Å². The molecule has 6 nitrogen and oxygen atoms in total. The molecule has 0 fully saturated rings. The number of carbonyl (C=O) groups is 3. The standard InChI is InChI=1S/C13H10FNO5S/c14-8-2-1-3-9-7(8)4-10(21-9)13(20)15(5-11(16)17)6-12(18)19/h1-4H,5-6H2,(H,16,17)(H,18,19). The second-order valence-corrected chi connectivity index (χ2v) is 5.29. The molecule has 110 valence electrons. The minimum atomic E-state index is -1.32. The number of carboxylic acid groups (broad SMARTS) is 2. The summed E-state index contributed by atoms with van der Waals surface area (Å²) in [4.78, 5) is 34.4. The van der Waals surface area contributed by atoms with Crippen molar-refractivity contribution in [2.75, 3.05) is 13.1 Å². The van der Waals surface area contributed by atoms with Gasteiger partial charge < -0.3 is 15.1 Å². The van der Waals surface area contributed by atoms with Crippen LogP contribution in [0.15, 0.2) is 24.3 Å². The molecule has 0 saturated carbocycles. The van der Waals surface area contributed by atoms with Crippen molar-refractivity contribution in [1.82, 2.24) is 4.90 Å². The molecule has 0 aliphatic rings. The molecule has 0 spiro atoms. The third-order valence-electron chi connectivity index (χ3n) is 2.66. The van der Waals surface area contributed by atoms with E-state index in [4.69, 9.17) is 10.2 Å². The minimum absolute atomic E-state index is 0.0950. The molecule has 0 bridgehead atoms. The lowest BCUT2D eigenvalue weighted by Crippen LogP contribution is -2.39. The average Bonchev–Trinajstić information content (AvgIpc) is 2.81. The highest BCUT2D eigenvalue weighted by Crippen LogP contribution is 2.28. The van der Waals surface area contributed by atoms with Gasteiger partial charge in [-0.25, -0.2) is 4.39 Å². The van der Waals surface area contributed by atoms with Crippen molar-refractivity contribution >= 4 is 39.3 Å². The maximum Gasteiger partial charge on any atom is 0.323 e. The number of aliphatic carboxylic acids is 2. The summed E-state index contributed by atoms with van der Waals surface area (Å²) in [6.45, 7) is -1.47. The van der Waals surface area contributed by atoms with Crippen molar-refractivity contribution in [3.63, 3.8) is 0 Å². The molecule has 1 amide bonds. The SMILES string of the molecule is O=C(O)CN(CC(=O)O)C(=O)c1cc2c(F)cccc2s1. The van der Waals surface area contributed by atoms with Gasteiger partial charge in [0.2, 0.25) is 0 Å². The first-order chi connectivity index (χ1) is 9.88. The summed E-state index contributed by atoms with van der Waals surface area (Å²) in [6, 6.07) is 5.66. The molecule has 0 aliphatic carbocycles. The molecule has 0 aliphatic heterocycles. The first kappa shape index (κ1) is 14.9. The number of nitrogens with zero attached hydrogens (tertiary/aromatic N) is 1. The number of fused-ring (bicyclic) bond motifs is 1. The molecule has 1 aromatic heterocycles. The number of hydrogen-bond acceptors (Lipinski definition) is 4. The third kappa shape index (κ3) is 3.34. The van der Waals surface area contributed by atoms with Crippen molar-refractivity contribution in [2.45, 2.75) is 0 Å². The number of carboxylic acids is 2. The summed E-state index contributed by atoms with van der Waals surface area (Å²) in [7, 11) is 0. The number of amides is 1. The highest BCUT2D eigenvalue weighted by molar-refractivity contribution is 7.20. The van der Waals surface area contributed by atoms with Crippen LogP contribution < -0.4 is 0 Å². The lowest BCUT2D eigenvalue weighted by Gasteiger charge is -2.17. The van der Waals surface area contributed by atoms with Gasteiger partial charge in [-0.15, -0.1) is 11.3 Å². The maximum absolute atomic E-state index is 13.6. The Morgan fingerprint density at radius 2 is 1.76 bits per heavy atom. The Morgan fingerprint density at radius 1 is 1.14 bits per heavy atom. The highest BCUT2D eigenvalue weighted by Gasteiger charge is 2.23. The zero-order valence-electron chi connectivity index (χ0n) is 10.6. The highest BCUT2D eigenvalue weighted by atomic mass is 32.1. The molecular formula is C13H10FNO5S. The Labute approximate surface area is 122 Å². The number of hydrogen-bond donors (Lipinski definition) is 2. The van der Waals surface area contributed by atoms with Gasteiger partial charge in [0.25, 0.3) is 5.91 Å². The van der Waals surface area contributed by atoms with E-state index in [1.165, 1.54) is 18.2 Å². The van der Waals surface area contributed by atoms with Crippen LogP contribution >= 0.6 is 11.3 Å². The monoisotopic (exact) mass is 311 g/mol. The second kappa shape index (κ2) is 5.88. The van der Waals surface area contributed by atoms with Crippen LogP contribution in [0.4, 0.5) is 4.39 Å². The van der Waals surface area contributed by atoms with E-state index in [9.17, 15) is 18.8 Å². The minimum Gasteiger partial charge on any atom is -0.480 e. The molecule has 0 unspecified atom stereocenters. The molecule has 21 heavy (non-hydrogen) atoms. The van der Waals surface area contributed by atoms with Gasteiger partial charge in [0.15, 0.2) is 0 Å². The summed E-state index contributed by atoms with van der Waals surface area (Å²) in [6.07, 6.45) is 0. The molecular weight excluding hydrogens is 301 g/mol. The quantitative estimate of drug-likeness (QED) is 0.875. The van der Waals surface area contributed by atoms with Crippen LogP contribution in [-0.2, 0) is 9.59 Å². The van der Waals surface area contributed by atoms with E-state index in [2.05, 4.69) is 0 Å². The first-order valence-corrected chi connectivity index (χ1v) is 6.61. The molecule has 1 heterocycles. The molecule has 0 saturated heterocycles. The zero-order valence-corrected chi connectivity index (χ0v) is 11.4. The molecule has 2 N–H and O–H groups in total. The summed E-state index contributed by atoms with van der Waals surface area (Å²) < 4.78 is 14.1. The molecule has 0 radical (unpaired) electrons. The van der Waals surface area contributed by atoms with Crippen molar-refractivity contribution in [1.29, 1.82) is 0 Å². The van der Waals surface area contributed by atoms with Gasteiger partial charge in [0, 0.05) is 10.1 Å². The van der Waals surface area contributed by atoms with Gasteiger partial charge >= 0.3 is 11.9 Å². The van der Waals surface area contributed by atoms with Gasteiger partial charge in [-0.1, -0.05) is 6.07 Å². The van der Waals surface area contributed by atoms with Gasteiger partial charge in [-0.3, -0.25) is 14.4 Å². The molecule has 1 aromatic carbocycles. The predicted octanol–water partition coefficient (Wildman–Crippen LogP) is 1.65. The van der Waals surface area contributed by atoms with Gasteiger partial charge in [-0.05, 0) is 18.2 Å². The Hall–Kier alpha value is -2.48. The summed E-state index contributed by atoms with van der Waals surface area (Å²) >= 11 is 0.985. The van der Waals surface area contributed by atoms with E-state index in [0.29, 0.717) is 9.60 Å². The third-order valence-corrected chi connectivity index (χ3v) is 3.75. The van der Waals surface area contributed by atoms with Crippen molar-refractivity contribution in [2.24, 2.45) is 0 Å². The zero-order chi connectivity index (χ0) is 15.6. The van der Waals surface area contributed by atoms with Gasteiger partial charge in [-0.2, -0.15) is 0 Å². The normalized spacial score (nSPS) is 10.5. The number of carbonyl (C=O) groups excluding carboxylic acids is 1. The van der Waals surface area contributed by atoms with E-state index in [0.717, 1.165) is 11.3 Å². The topological polar surface area (TPSA) is 94.9 Å². The van der Waals surface area contributed by atoms with Crippen LogP contribution in [0.3, 0.4) is 0 Å². The van der Waals surface area contributed by atoms with Crippen LogP contribution in [0.1, 0.15) is 9.67 Å². The fourth-order valence-electron chi connectivity index (χ4n) is 1.81. The smallest absolute Gasteiger partial charge is 0.323 e. The van der Waals surface area contributed by atoms with Crippen LogP contribution in [-0.4, -0.2) is 46.0 Å². The van der Waals surface area contributed by atoms with Crippen LogP contribution in [0.5, 0.6) is 0 Å². The molecule has 2 rings (SSSR count). The number of benzene rings is 1. The van der Waals surface area contributed by atoms with Gasteiger partial charge in [0.1, 0.15) is 18.9 Å². The lowest BCUT2D eigenvalue weighted by atomic mass is 10.2. The van der Waals surface area contributed by atoms with Gasteiger partial charge in [0.05, 0.1) is 4.88 Å². The lowest BCUT2D eigenvalue weighted by molar-refractivity contribution is -0.140. The van der Waals surface area contributed by atoms with Crippen LogP contribution in [0, 0.1) is 5.82 Å². The van der Waals surface area contributed by atoms with Crippen LogP contribution in [0.25, 0.3) is 10.1 Å². The fourth-order valence-corrected chi connectivity index (χ4v) is 2.86. The van der Waals surface area contributed by atoms with Crippen molar-refractivity contribution in [3.8, 4) is 0 Å². The predicted molar refractivity (Wildman–Crippen MR) is 73.0 cm³/mol. The van der Waals surface area contributed by atoms with Crippen LogP contribution in [0.2, 0.25) is 0 Å². The van der Waals surface area contributed by atoms with Crippen molar-refractivity contribution < 1.29 is 29.0 Å². The van der Waals surface area contributed by atoms with E-state index < -0.39 is 36.8 Å². The summed E-state index contributed by atoms with van der Waals surface area (Å²) in [5.41, 5.74) is 0. The Morgan fingerprint density at radius 3 is 2.29 bits per heavy atom. The number of halogens is 1. The Balaban J connectivity index is 2.35. The molecule has 0 atom stereocenters. The summed E-state index contributed by atoms with van der Waals surface area (Å²) in [5, 5.41) is 17.7. The fraction of sp³-hybridized carbons (Fsp3) is 0.154. The van der Waals surface area contributed by atoms with E-state index in [1.807, 2.05) is 0 Å².